The van der Waals surface area contributed by atoms with Crippen LogP contribution in [-0.2, 0) is 18.2 Å². The second-order valence-corrected chi connectivity index (χ2v) is 7.93. The highest BCUT2D eigenvalue weighted by Crippen LogP contribution is 2.22. The second-order valence-electron chi connectivity index (χ2n) is 7.93. The Morgan fingerprint density at radius 1 is 1.27 bits per heavy atom. The van der Waals surface area contributed by atoms with Gasteiger partial charge >= 0.3 is 6.09 Å². The van der Waals surface area contributed by atoms with Crippen LogP contribution in [0.3, 0.4) is 0 Å². The first-order valence-corrected chi connectivity index (χ1v) is 9.08. The quantitative estimate of drug-likeness (QED) is 0.844. The lowest BCUT2D eigenvalue weighted by molar-refractivity contribution is 0.0165. The lowest BCUT2D eigenvalue weighted by atomic mass is 9.94. The molecule has 26 heavy (non-hydrogen) atoms. The molecule has 1 amide bonds. The van der Waals surface area contributed by atoms with E-state index in [2.05, 4.69) is 15.1 Å². The highest BCUT2D eigenvalue weighted by atomic mass is 16.6. The van der Waals surface area contributed by atoms with Crippen molar-refractivity contribution in [2.24, 2.45) is 13.0 Å². The highest BCUT2D eigenvalue weighted by Gasteiger charge is 2.27. The third-order valence-electron chi connectivity index (χ3n) is 4.37. The molecule has 0 aliphatic carbocycles. The van der Waals surface area contributed by atoms with Gasteiger partial charge in [-0.1, -0.05) is 0 Å². The summed E-state index contributed by atoms with van der Waals surface area (Å²) in [6.45, 7) is 7.15. The Labute approximate surface area is 154 Å². The molecule has 0 unspecified atom stereocenters. The van der Waals surface area contributed by atoms with Crippen molar-refractivity contribution in [3.63, 3.8) is 0 Å². The molecule has 0 N–H and O–H groups in total. The van der Waals surface area contributed by atoms with E-state index in [1.165, 1.54) is 0 Å². The molecule has 2 aromatic rings. The predicted molar refractivity (Wildman–Crippen MR) is 98.5 cm³/mol. The molecule has 0 bridgehead atoms. The van der Waals surface area contributed by atoms with Crippen molar-refractivity contribution in [2.75, 3.05) is 13.1 Å². The topological polar surface area (TPSA) is 73.1 Å². The molecule has 0 spiro atoms. The van der Waals surface area contributed by atoms with Crippen molar-refractivity contribution in [3.8, 4) is 11.3 Å². The predicted octanol–water partition coefficient (Wildman–Crippen LogP) is 3.07. The van der Waals surface area contributed by atoms with Gasteiger partial charge in [-0.25, -0.2) is 4.79 Å². The van der Waals surface area contributed by atoms with Gasteiger partial charge in [0.05, 0.1) is 23.8 Å². The Hall–Kier alpha value is -2.44. The van der Waals surface area contributed by atoms with Gasteiger partial charge in [-0.3, -0.25) is 14.6 Å². The molecule has 1 aliphatic heterocycles. The van der Waals surface area contributed by atoms with Gasteiger partial charge < -0.3 is 9.64 Å². The highest BCUT2D eigenvalue weighted by molar-refractivity contribution is 5.68. The first kappa shape index (κ1) is 18.4. The molecule has 3 rings (SSSR count). The average Bonchev–Trinajstić information content (AvgIpc) is 3.01. The van der Waals surface area contributed by atoms with Gasteiger partial charge in [0.1, 0.15) is 5.60 Å². The number of carbonyl (C=O) groups is 1. The zero-order chi connectivity index (χ0) is 18.7. The largest absolute Gasteiger partial charge is 0.444 e. The summed E-state index contributed by atoms with van der Waals surface area (Å²) in [5, 5.41) is 4.16. The molecule has 1 fully saturated rings. The smallest absolute Gasteiger partial charge is 0.410 e. The summed E-state index contributed by atoms with van der Waals surface area (Å²) in [6.07, 6.45) is 10.00. The van der Waals surface area contributed by atoms with Crippen LogP contribution in [0, 0.1) is 5.92 Å². The van der Waals surface area contributed by atoms with E-state index < -0.39 is 5.60 Å². The summed E-state index contributed by atoms with van der Waals surface area (Å²) in [5.74, 6) is 0.384. The van der Waals surface area contributed by atoms with Crippen molar-refractivity contribution >= 4 is 6.09 Å². The maximum Gasteiger partial charge on any atom is 0.410 e. The molecule has 0 aromatic carbocycles. The molecular formula is C19H27N5O2. The standard InChI is InChI=1S/C19H27N5O2/c1-19(2,3)26-18(25)24-7-5-6-14(12-24)8-16-10-21-17(11-20-16)15-9-22-23(4)13-15/h9-11,13-14H,5-8,12H2,1-4H3/t14-/m0/s1. The molecular weight excluding hydrogens is 330 g/mol. The summed E-state index contributed by atoms with van der Waals surface area (Å²) in [6, 6.07) is 0. The number of nitrogens with zero attached hydrogens (tertiary/aromatic N) is 5. The van der Waals surface area contributed by atoms with Crippen LogP contribution in [0.4, 0.5) is 4.79 Å². The number of carbonyl (C=O) groups excluding carboxylic acids is 1. The zero-order valence-corrected chi connectivity index (χ0v) is 16.0. The molecule has 1 aliphatic rings. The van der Waals surface area contributed by atoms with E-state index in [0.29, 0.717) is 12.5 Å². The summed E-state index contributed by atoms with van der Waals surface area (Å²) in [4.78, 5) is 23.2. The minimum atomic E-state index is -0.461. The molecule has 140 valence electrons. The van der Waals surface area contributed by atoms with Crippen LogP contribution in [0.1, 0.15) is 39.3 Å². The molecule has 7 nitrogen and oxygen atoms in total. The van der Waals surface area contributed by atoms with Crippen LogP contribution < -0.4 is 0 Å². The first-order valence-electron chi connectivity index (χ1n) is 9.08. The second kappa shape index (κ2) is 7.43. The average molecular weight is 357 g/mol. The SMILES string of the molecule is Cn1cc(-c2cnc(C[C@@H]3CCCN(C(=O)OC(C)(C)C)C3)cn2)cn1. The number of amides is 1. The first-order chi connectivity index (χ1) is 12.3. The van der Waals surface area contributed by atoms with Crippen LogP contribution in [0.25, 0.3) is 11.3 Å². The number of piperidine rings is 1. The van der Waals surface area contributed by atoms with Crippen molar-refractivity contribution < 1.29 is 9.53 Å². The molecule has 2 aromatic heterocycles. The van der Waals surface area contributed by atoms with Gasteiger partial charge in [0.15, 0.2) is 0 Å². The monoisotopic (exact) mass is 357 g/mol. The lowest BCUT2D eigenvalue weighted by Crippen LogP contribution is -2.43. The van der Waals surface area contributed by atoms with E-state index in [0.717, 1.165) is 42.8 Å². The molecule has 0 radical (unpaired) electrons. The Morgan fingerprint density at radius 3 is 2.69 bits per heavy atom. The molecule has 0 saturated carbocycles. The van der Waals surface area contributed by atoms with Crippen LogP contribution in [0.5, 0.6) is 0 Å². The third kappa shape index (κ3) is 4.80. The van der Waals surface area contributed by atoms with E-state index in [1.807, 2.05) is 45.1 Å². The molecule has 1 saturated heterocycles. The molecule has 1 atom stereocenters. The van der Waals surface area contributed by atoms with Gasteiger partial charge in [0.2, 0.25) is 0 Å². The van der Waals surface area contributed by atoms with Gasteiger partial charge in [-0.2, -0.15) is 5.10 Å². The third-order valence-corrected chi connectivity index (χ3v) is 4.37. The van der Waals surface area contributed by atoms with E-state index in [1.54, 1.807) is 17.1 Å². The maximum absolute atomic E-state index is 12.3. The van der Waals surface area contributed by atoms with E-state index in [9.17, 15) is 4.79 Å². The fourth-order valence-electron chi connectivity index (χ4n) is 3.18. The van der Waals surface area contributed by atoms with E-state index in [4.69, 9.17) is 4.74 Å². The van der Waals surface area contributed by atoms with Crippen molar-refractivity contribution in [1.29, 1.82) is 0 Å². The maximum atomic E-state index is 12.3. The fourth-order valence-corrected chi connectivity index (χ4v) is 3.18. The Kier molecular flexibility index (Phi) is 5.25. The summed E-state index contributed by atoms with van der Waals surface area (Å²) in [7, 11) is 1.88. The number of aryl methyl sites for hydroxylation is 1. The van der Waals surface area contributed by atoms with Crippen LogP contribution in [0.2, 0.25) is 0 Å². The number of aromatic nitrogens is 4. The summed E-state index contributed by atoms with van der Waals surface area (Å²) >= 11 is 0. The lowest BCUT2D eigenvalue weighted by Gasteiger charge is -2.34. The van der Waals surface area contributed by atoms with Crippen molar-refractivity contribution in [2.45, 2.75) is 45.6 Å². The van der Waals surface area contributed by atoms with Gasteiger partial charge in [-0.05, 0) is 46.0 Å². The Morgan fingerprint density at radius 2 is 2.08 bits per heavy atom. The number of hydrogen-bond donors (Lipinski definition) is 0. The molecule has 3 heterocycles. The van der Waals surface area contributed by atoms with Crippen LogP contribution in [0.15, 0.2) is 24.8 Å². The normalized spacial score (nSPS) is 18.0. The van der Waals surface area contributed by atoms with E-state index in [-0.39, 0.29) is 6.09 Å². The summed E-state index contributed by atoms with van der Waals surface area (Å²) in [5.41, 5.74) is 2.27. The number of hydrogen-bond acceptors (Lipinski definition) is 5. The minimum Gasteiger partial charge on any atom is -0.444 e. The number of likely N-dealkylation sites (tertiary alicyclic amines) is 1. The van der Waals surface area contributed by atoms with Gasteiger partial charge in [0.25, 0.3) is 0 Å². The Bertz CT molecular complexity index is 748. The summed E-state index contributed by atoms with van der Waals surface area (Å²) < 4.78 is 7.24. The number of ether oxygens (including phenoxy) is 1. The minimum absolute atomic E-state index is 0.222. The van der Waals surface area contributed by atoms with Crippen LogP contribution >= 0.6 is 0 Å². The van der Waals surface area contributed by atoms with E-state index >= 15 is 0 Å². The van der Waals surface area contributed by atoms with Crippen molar-refractivity contribution in [3.05, 3.63) is 30.5 Å². The molecule has 7 heteroatoms. The van der Waals surface area contributed by atoms with Crippen molar-refractivity contribution in [1.82, 2.24) is 24.6 Å². The zero-order valence-electron chi connectivity index (χ0n) is 16.0. The van der Waals surface area contributed by atoms with Gasteiger partial charge in [0, 0.05) is 38.1 Å². The number of rotatable bonds is 3. The fraction of sp³-hybridized carbons (Fsp3) is 0.579. The van der Waals surface area contributed by atoms with Gasteiger partial charge in [-0.15, -0.1) is 0 Å². The van der Waals surface area contributed by atoms with Crippen LogP contribution in [-0.4, -0.2) is 49.4 Å². The Balaban J connectivity index is 1.59.